The first kappa shape index (κ1) is 20.5. The zero-order chi connectivity index (χ0) is 19.5. The molecule has 0 aliphatic heterocycles. The van der Waals surface area contributed by atoms with E-state index in [-0.39, 0.29) is 24.7 Å². The van der Waals surface area contributed by atoms with Gasteiger partial charge in [-0.2, -0.15) is 0 Å². The highest BCUT2D eigenvalue weighted by molar-refractivity contribution is 5.79. The largest absolute Gasteiger partial charge is 0.494 e. The lowest BCUT2D eigenvalue weighted by atomic mass is 10.1. The molecule has 144 valence electrons. The van der Waals surface area contributed by atoms with E-state index in [0.29, 0.717) is 26.3 Å². The molecule has 1 amide bonds. The van der Waals surface area contributed by atoms with Crippen LogP contribution in [0.25, 0.3) is 0 Å². The van der Waals surface area contributed by atoms with Crippen LogP contribution in [-0.2, 0) is 27.3 Å². The highest BCUT2D eigenvalue weighted by Crippen LogP contribution is 2.14. The van der Waals surface area contributed by atoms with Crippen LogP contribution >= 0.6 is 0 Å². The minimum Gasteiger partial charge on any atom is -0.494 e. The molecule has 2 aromatic carbocycles. The number of ether oxygens (including phenoxy) is 2. The van der Waals surface area contributed by atoms with Crippen LogP contribution < -0.4 is 4.74 Å². The standard InChI is InChI=1S/C22H27NO4/c1-3-26-20-12-10-18(11-13-20)16-21(24)23(15-14-22(25)27-4-2)17-19-8-6-5-7-9-19/h5-13H,3-4,14-17H2,1-2H3. The van der Waals surface area contributed by atoms with E-state index in [0.717, 1.165) is 16.9 Å². The van der Waals surface area contributed by atoms with Gasteiger partial charge in [-0.25, -0.2) is 0 Å². The first-order valence-electron chi connectivity index (χ1n) is 9.31. The van der Waals surface area contributed by atoms with Gasteiger partial charge in [0, 0.05) is 13.1 Å². The fourth-order valence-electron chi connectivity index (χ4n) is 2.71. The molecule has 2 rings (SSSR count). The summed E-state index contributed by atoms with van der Waals surface area (Å²) in [6, 6.07) is 17.3. The molecule has 2 aromatic rings. The van der Waals surface area contributed by atoms with Crippen molar-refractivity contribution in [3.05, 3.63) is 65.7 Å². The van der Waals surface area contributed by atoms with Crippen LogP contribution in [0.15, 0.2) is 54.6 Å². The number of carbonyl (C=O) groups is 2. The summed E-state index contributed by atoms with van der Waals surface area (Å²) >= 11 is 0. The normalized spacial score (nSPS) is 10.3. The predicted molar refractivity (Wildman–Crippen MR) is 104 cm³/mol. The van der Waals surface area contributed by atoms with Gasteiger partial charge in [-0.15, -0.1) is 0 Å². The van der Waals surface area contributed by atoms with Crippen molar-refractivity contribution < 1.29 is 19.1 Å². The van der Waals surface area contributed by atoms with Gasteiger partial charge >= 0.3 is 5.97 Å². The smallest absolute Gasteiger partial charge is 0.307 e. The van der Waals surface area contributed by atoms with Gasteiger partial charge in [-0.05, 0) is 37.1 Å². The van der Waals surface area contributed by atoms with Crippen LogP contribution in [0.4, 0.5) is 0 Å². The third-order valence-electron chi connectivity index (χ3n) is 4.05. The summed E-state index contributed by atoms with van der Waals surface area (Å²) in [4.78, 5) is 26.3. The van der Waals surface area contributed by atoms with E-state index in [9.17, 15) is 9.59 Å². The van der Waals surface area contributed by atoms with E-state index in [2.05, 4.69) is 0 Å². The molecule has 0 unspecified atom stereocenters. The average Bonchev–Trinajstić information content (AvgIpc) is 2.68. The van der Waals surface area contributed by atoms with E-state index in [1.54, 1.807) is 11.8 Å². The number of hydrogen-bond donors (Lipinski definition) is 0. The molecule has 0 radical (unpaired) electrons. The van der Waals surface area contributed by atoms with Crippen LogP contribution in [0.3, 0.4) is 0 Å². The summed E-state index contributed by atoms with van der Waals surface area (Å²) in [6.45, 7) is 5.47. The molecule has 0 heterocycles. The van der Waals surface area contributed by atoms with E-state index < -0.39 is 0 Å². The third-order valence-corrected chi connectivity index (χ3v) is 4.05. The second kappa shape index (κ2) is 11.0. The van der Waals surface area contributed by atoms with Gasteiger partial charge in [0.2, 0.25) is 5.91 Å². The lowest BCUT2D eigenvalue weighted by Crippen LogP contribution is -2.34. The summed E-state index contributed by atoms with van der Waals surface area (Å²) in [5, 5.41) is 0. The van der Waals surface area contributed by atoms with Gasteiger partial charge in [0.05, 0.1) is 26.1 Å². The molecule has 0 aliphatic rings. The fraction of sp³-hybridized carbons (Fsp3) is 0.364. The summed E-state index contributed by atoms with van der Waals surface area (Å²) in [5.41, 5.74) is 1.94. The van der Waals surface area contributed by atoms with Crippen molar-refractivity contribution in [3.8, 4) is 5.75 Å². The SMILES string of the molecule is CCOC(=O)CCN(Cc1ccccc1)C(=O)Cc1ccc(OCC)cc1. The average molecular weight is 369 g/mol. The summed E-state index contributed by atoms with van der Waals surface area (Å²) in [6.07, 6.45) is 0.470. The Bertz CT molecular complexity index is 713. The molecule has 5 nitrogen and oxygen atoms in total. The topological polar surface area (TPSA) is 55.8 Å². The molecule has 0 saturated heterocycles. The maximum Gasteiger partial charge on any atom is 0.307 e. The lowest BCUT2D eigenvalue weighted by molar-refractivity contribution is -0.144. The van der Waals surface area contributed by atoms with Crippen molar-refractivity contribution in [1.82, 2.24) is 4.90 Å². The van der Waals surface area contributed by atoms with Gasteiger partial charge in [-0.3, -0.25) is 9.59 Å². The number of amides is 1. The molecule has 0 bridgehead atoms. The molecule has 0 spiro atoms. The Kier molecular flexibility index (Phi) is 8.36. The van der Waals surface area contributed by atoms with Gasteiger partial charge in [0.1, 0.15) is 5.75 Å². The molecule has 27 heavy (non-hydrogen) atoms. The molecular weight excluding hydrogens is 342 g/mol. The molecule has 0 aliphatic carbocycles. The van der Waals surface area contributed by atoms with Crippen molar-refractivity contribution in [2.24, 2.45) is 0 Å². The van der Waals surface area contributed by atoms with E-state index >= 15 is 0 Å². The quantitative estimate of drug-likeness (QED) is 0.601. The maximum absolute atomic E-state index is 12.8. The van der Waals surface area contributed by atoms with Crippen molar-refractivity contribution >= 4 is 11.9 Å². The molecular formula is C22H27NO4. The van der Waals surface area contributed by atoms with Gasteiger partial charge in [0.15, 0.2) is 0 Å². The molecule has 0 aromatic heterocycles. The summed E-state index contributed by atoms with van der Waals surface area (Å²) in [5.74, 6) is 0.480. The van der Waals surface area contributed by atoms with Crippen LogP contribution in [-0.4, -0.2) is 36.5 Å². The Balaban J connectivity index is 2.03. The number of hydrogen-bond acceptors (Lipinski definition) is 4. The molecule has 0 saturated carbocycles. The van der Waals surface area contributed by atoms with Crippen molar-refractivity contribution in [1.29, 1.82) is 0 Å². The molecule has 0 fully saturated rings. The predicted octanol–water partition coefficient (Wildman–Crippen LogP) is 3.61. The van der Waals surface area contributed by atoms with E-state index in [1.165, 1.54) is 0 Å². The Morgan fingerprint density at radius 1 is 0.889 bits per heavy atom. The number of nitrogens with zero attached hydrogens (tertiary/aromatic N) is 1. The Labute approximate surface area is 160 Å². The Morgan fingerprint density at radius 2 is 1.59 bits per heavy atom. The number of esters is 1. The van der Waals surface area contributed by atoms with E-state index in [1.807, 2.05) is 61.5 Å². The first-order valence-corrected chi connectivity index (χ1v) is 9.31. The van der Waals surface area contributed by atoms with Crippen LogP contribution in [0.2, 0.25) is 0 Å². The second-order valence-electron chi connectivity index (χ2n) is 6.11. The van der Waals surface area contributed by atoms with Crippen molar-refractivity contribution in [3.63, 3.8) is 0 Å². The van der Waals surface area contributed by atoms with Gasteiger partial charge in [0.25, 0.3) is 0 Å². The monoisotopic (exact) mass is 369 g/mol. The Hall–Kier alpha value is -2.82. The zero-order valence-electron chi connectivity index (χ0n) is 16.0. The Morgan fingerprint density at radius 3 is 2.22 bits per heavy atom. The fourth-order valence-corrected chi connectivity index (χ4v) is 2.71. The minimum absolute atomic E-state index is 0.0210. The molecule has 0 atom stereocenters. The van der Waals surface area contributed by atoms with Crippen molar-refractivity contribution in [2.45, 2.75) is 33.2 Å². The van der Waals surface area contributed by atoms with E-state index in [4.69, 9.17) is 9.47 Å². The van der Waals surface area contributed by atoms with Crippen LogP contribution in [0.1, 0.15) is 31.4 Å². The van der Waals surface area contributed by atoms with Gasteiger partial charge in [-0.1, -0.05) is 42.5 Å². The first-order chi connectivity index (χ1) is 13.1. The molecule has 5 heteroatoms. The minimum atomic E-state index is -0.288. The van der Waals surface area contributed by atoms with Gasteiger partial charge < -0.3 is 14.4 Å². The van der Waals surface area contributed by atoms with Crippen LogP contribution in [0, 0.1) is 0 Å². The number of carbonyl (C=O) groups excluding carboxylic acids is 2. The highest BCUT2D eigenvalue weighted by Gasteiger charge is 2.16. The van der Waals surface area contributed by atoms with Crippen LogP contribution in [0.5, 0.6) is 5.75 Å². The zero-order valence-corrected chi connectivity index (χ0v) is 16.0. The third kappa shape index (κ3) is 7.13. The number of rotatable bonds is 10. The summed E-state index contributed by atoms with van der Waals surface area (Å²) in [7, 11) is 0. The summed E-state index contributed by atoms with van der Waals surface area (Å²) < 4.78 is 10.4. The lowest BCUT2D eigenvalue weighted by Gasteiger charge is -2.23. The maximum atomic E-state index is 12.8. The van der Waals surface area contributed by atoms with Crippen molar-refractivity contribution in [2.75, 3.05) is 19.8 Å². The molecule has 0 N–H and O–H groups in total. The highest BCUT2D eigenvalue weighted by atomic mass is 16.5. The second-order valence-corrected chi connectivity index (χ2v) is 6.11. The number of benzene rings is 2.